The molecular weight excluding hydrogens is 497 g/mol. The van der Waals surface area contributed by atoms with Crippen LogP contribution in [0.5, 0.6) is 0 Å². The Kier molecular flexibility index (Phi) is 8.84. The standard InChI is InChI=1S/C31H42FN3O4/c1-31(2)15-13-21-9-11-23(33-29(21)34-31)7-3-5-17-38-24-14-16-35(20-24)28(30(36)37)26-19-22(32)10-12-25(26)27-8-4-6-18-39-27/h9-12,19,24,27-28H,3-8,13-18,20H2,1-2H3,(H,33,34)(H,36,37)/t24-,27+,28-/m1/s1. The summed E-state index contributed by atoms with van der Waals surface area (Å²) in [6.07, 6.45) is 8.39. The van der Waals surface area contributed by atoms with Crippen molar-refractivity contribution in [3.8, 4) is 0 Å². The first-order chi connectivity index (χ1) is 18.8. The van der Waals surface area contributed by atoms with Crippen molar-refractivity contribution in [2.75, 3.05) is 31.6 Å². The Balaban J connectivity index is 1.12. The van der Waals surface area contributed by atoms with E-state index in [1.807, 2.05) is 4.90 Å². The highest BCUT2D eigenvalue weighted by Gasteiger charge is 2.37. The van der Waals surface area contributed by atoms with Crippen LogP contribution in [-0.4, -0.2) is 58.9 Å². The summed E-state index contributed by atoms with van der Waals surface area (Å²) >= 11 is 0. The maximum atomic E-state index is 14.3. The molecule has 5 rings (SSSR count). The molecule has 0 saturated carbocycles. The number of carbonyl (C=O) groups is 1. The molecule has 4 heterocycles. The van der Waals surface area contributed by atoms with Crippen LogP contribution in [-0.2, 0) is 27.1 Å². The van der Waals surface area contributed by atoms with Gasteiger partial charge in [-0.15, -0.1) is 0 Å². The van der Waals surface area contributed by atoms with Crippen molar-refractivity contribution in [2.45, 2.75) is 95.4 Å². The van der Waals surface area contributed by atoms with Crippen LogP contribution in [0.15, 0.2) is 30.3 Å². The summed E-state index contributed by atoms with van der Waals surface area (Å²) in [6.45, 7) is 6.83. The fourth-order valence-corrected chi connectivity index (χ4v) is 6.14. The average Bonchev–Trinajstić information content (AvgIpc) is 3.36. The molecule has 2 N–H and O–H groups in total. The Labute approximate surface area is 231 Å². The smallest absolute Gasteiger partial charge is 0.325 e. The number of likely N-dealkylation sites (tertiary alicyclic amines) is 1. The zero-order valence-corrected chi connectivity index (χ0v) is 23.3. The van der Waals surface area contributed by atoms with Gasteiger partial charge in [0, 0.05) is 37.5 Å². The monoisotopic (exact) mass is 539 g/mol. The summed E-state index contributed by atoms with van der Waals surface area (Å²) in [5.74, 6) is -0.361. The Morgan fingerprint density at radius 2 is 2.13 bits per heavy atom. The van der Waals surface area contributed by atoms with Gasteiger partial charge >= 0.3 is 5.97 Å². The van der Waals surface area contributed by atoms with Crippen LogP contribution in [0.3, 0.4) is 0 Å². The van der Waals surface area contributed by atoms with E-state index in [1.54, 1.807) is 6.07 Å². The largest absolute Gasteiger partial charge is 0.480 e. The number of unbranched alkanes of at least 4 members (excludes halogenated alkanes) is 1. The molecule has 7 nitrogen and oxygen atoms in total. The van der Waals surface area contributed by atoms with Crippen LogP contribution in [0.2, 0.25) is 0 Å². The second kappa shape index (κ2) is 12.3. The van der Waals surface area contributed by atoms with E-state index in [9.17, 15) is 14.3 Å². The van der Waals surface area contributed by atoms with Crippen molar-refractivity contribution in [1.82, 2.24) is 9.88 Å². The number of aryl methyl sites for hydroxylation is 2. The minimum atomic E-state index is -0.964. The third kappa shape index (κ3) is 6.97. The maximum Gasteiger partial charge on any atom is 0.325 e. The number of carboxylic acids is 1. The highest BCUT2D eigenvalue weighted by molar-refractivity contribution is 5.76. The number of anilines is 1. The number of pyridine rings is 1. The van der Waals surface area contributed by atoms with Crippen LogP contribution in [0.4, 0.5) is 10.2 Å². The third-order valence-corrected chi connectivity index (χ3v) is 8.34. The lowest BCUT2D eigenvalue weighted by molar-refractivity contribution is -0.143. The van der Waals surface area contributed by atoms with Gasteiger partial charge in [-0.3, -0.25) is 9.69 Å². The van der Waals surface area contributed by atoms with E-state index >= 15 is 0 Å². The number of nitrogens with zero attached hydrogens (tertiary/aromatic N) is 2. The number of hydrogen-bond donors (Lipinski definition) is 2. The number of ether oxygens (including phenoxy) is 2. The van der Waals surface area contributed by atoms with Gasteiger partial charge in [0.25, 0.3) is 0 Å². The van der Waals surface area contributed by atoms with E-state index in [0.29, 0.717) is 31.9 Å². The van der Waals surface area contributed by atoms with Crippen molar-refractivity contribution in [3.63, 3.8) is 0 Å². The van der Waals surface area contributed by atoms with E-state index in [4.69, 9.17) is 14.5 Å². The molecule has 2 aromatic rings. The van der Waals surface area contributed by atoms with Crippen molar-refractivity contribution in [2.24, 2.45) is 0 Å². The molecule has 0 amide bonds. The van der Waals surface area contributed by atoms with Crippen molar-refractivity contribution < 1.29 is 23.8 Å². The molecule has 0 aliphatic carbocycles. The highest BCUT2D eigenvalue weighted by atomic mass is 19.1. The fraction of sp³-hybridized carbons (Fsp3) is 0.613. The first kappa shape index (κ1) is 28.0. The van der Waals surface area contributed by atoms with Gasteiger partial charge in [0.1, 0.15) is 17.7 Å². The van der Waals surface area contributed by atoms with Crippen LogP contribution < -0.4 is 5.32 Å². The molecule has 1 aromatic carbocycles. The van der Waals surface area contributed by atoms with E-state index in [-0.39, 0.29) is 17.7 Å². The van der Waals surface area contributed by atoms with Gasteiger partial charge < -0.3 is 19.9 Å². The molecule has 3 aliphatic rings. The van der Waals surface area contributed by atoms with Gasteiger partial charge in [-0.25, -0.2) is 9.37 Å². The van der Waals surface area contributed by atoms with Crippen LogP contribution >= 0.6 is 0 Å². The van der Waals surface area contributed by atoms with Gasteiger partial charge in [-0.05, 0) is 107 Å². The lowest BCUT2D eigenvalue weighted by Gasteiger charge is -2.33. The highest BCUT2D eigenvalue weighted by Crippen LogP contribution is 2.37. The zero-order chi connectivity index (χ0) is 27.4. The molecular formula is C31H42FN3O4. The first-order valence-electron chi connectivity index (χ1n) is 14.6. The van der Waals surface area contributed by atoms with Crippen LogP contribution in [0.1, 0.15) is 93.3 Å². The number of hydrogen-bond acceptors (Lipinski definition) is 6. The Hall–Kier alpha value is -2.55. The van der Waals surface area contributed by atoms with E-state index in [0.717, 1.165) is 74.9 Å². The number of aliphatic carboxylic acids is 1. The summed E-state index contributed by atoms with van der Waals surface area (Å²) in [7, 11) is 0. The SMILES string of the molecule is CC1(C)CCc2ccc(CCCCO[C@@H]3CCN([C@@H](C(=O)O)c4cc(F)ccc4[C@@H]4CCCCO4)C3)nc2N1. The summed E-state index contributed by atoms with van der Waals surface area (Å²) in [5.41, 5.74) is 3.78. The predicted molar refractivity (Wildman–Crippen MR) is 148 cm³/mol. The number of nitrogens with one attached hydrogen (secondary N) is 1. The fourth-order valence-electron chi connectivity index (χ4n) is 6.14. The Morgan fingerprint density at radius 1 is 1.26 bits per heavy atom. The minimum Gasteiger partial charge on any atom is -0.480 e. The summed E-state index contributed by atoms with van der Waals surface area (Å²) in [6, 6.07) is 7.92. The maximum absolute atomic E-state index is 14.3. The number of halogens is 1. The second-order valence-electron chi connectivity index (χ2n) is 11.9. The van der Waals surface area contributed by atoms with Crippen molar-refractivity contribution in [1.29, 1.82) is 0 Å². The van der Waals surface area contributed by atoms with Gasteiger partial charge in [-0.2, -0.15) is 0 Å². The number of carboxylic acid groups (broad SMARTS) is 1. The summed E-state index contributed by atoms with van der Waals surface area (Å²) in [5, 5.41) is 13.8. The first-order valence-corrected chi connectivity index (χ1v) is 14.6. The van der Waals surface area contributed by atoms with Crippen LogP contribution in [0.25, 0.3) is 0 Å². The molecule has 3 aliphatic heterocycles. The average molecular weight is 540 g/mol. The van der Waals surface area contributed by atoms with Gasteiger partial charge in [0.2, 0.25) is 0 Å². The van der Waals surface area contributed by atoms with E-state index < -0.39 is 17.8 Å². The minimum absolute atomic E-state index is 0.0249. The van der Waals surface area contributed by atoms with E-state index in [1.165, 1.54) is 17.7 Å². The molecule has 0 spiro atoms. The van der Waals surface area contributed by atoms with Crippen LogP contribution in [0, 0.1) is 5.82 Å². The second-order valence-corrected chi connectivity index (χ2v) is 11.9. The lowest BCUT2D eigenvalue weighted by atomic mass is 9.91. The summed E-state index contributed by atoms with van der Waals surface area (Å²) < 4.78 is 26.4. The van der Waals surface area contributed by atoms with Gasteiger partial charge in [-0.1, -0.05) is 12.1 Å². The predicted octanol–water partition coefficient (Wildman–Crippen LogP) is 5.84. The third-order valence-electron chi connectivity index (χ3n) is 8.34. The molecule has 0 unspecified atom stereocenters. The van der Waals surface area contributed by atoms with Gasteiger partial charge in [0.15, 0.2) is 0 Å². The number of rotatable bonds is 10. The normalized spacial score (nSPS) is 23.7. The summed E-state index contributed by atoms with van der Waals surface area (Å²) in [4.78, 5) is 19.2. The molecule has 8 heteroatoms. The molecule has 0 radical (unpaired) electrons. The lowest BCUT2D eigenvalue weighted by Crippen LogP contribution is -2.35. The van der Waals surface area contributed by atoms with E-state index in [2.05, 4.69) is 31.3 Å². The number of aromatic nitrogens is 1. The molecule has 2 fully saturated rings. The molecule has 2 saturated heterocycles. The molecule has 0 bridgehead atoms. The molecule has 3 atom stereocenters. The topological polar surface area (TPSA) is 83.9 Å². The quantitative estimate of drug-likeness (QED) is 0.367. The van der Waals surface area contributed by atoms with Crippen molar-refractivity contribution in [3.05, 3.63) is 58.5 Å². The molecule has 212 valence electrons. The molecule has 1 aromatic heterocycles. The van der Waals surface area contributed by atoms with Crippen molar-refractivity contribution >= 4 is 11.8 Å². The number of fused-ring (bicyclic) bond motifs is 1. The Bertz CT molecular complexity index is 1150. The Morgan fingerprint density at radius 3 is 2.92 bits per heavy atom. The zero-order valence-electron chi connectivity index (χ0n) is 23.3. The van der Waals surface area contributed by atoms with Gasteiger partial charge in [0.05, 0.1) is 12.2 Å². The molecule has 39 heavy (non-hydrogen) atoms. The number of benzene rings is 1.